The summed E-state index contributed by atoms with van der Waals surface area (Å²) in [6.45, 7) is 5.02. The van der Waals surface area contributed by atoms with E-state index in [0.29, 0.717) is 0 Å². The summed E-state index contributed by atoms with van der Waals surface area (Å²) in [6.07, 6.45) is 3.01. The van der Waals surface area contributed by atoms with E-state index >= 15 is 0 Å². The average Bonchev–Trinajstić information content (AvgIpc) is 2.47. The van der Waals surface area contributed by atoms with Crippen molar-refractivity contribution in [3.63, 3.8) is 0 Å². The van der Waals surface area contributed by atoms with Crippen LogP contribution in [0.5, 0.6) is 0 Å². The highest BCUT2D eigenvalue weighted by Crippen LogP contribution is 2.19. The first kappa shape index (κ1) is 17.4. The quantitative estimate of drug-likeness (QED) is 0.675. The highest BCUT2D eigenvalue weighted by molar-refractivity contribution is 7.98. The Morgan fingerprint density at radius 2 is 2.05 bits per heavy atom. The number of nitrogens with zero attached hydrogens (tertiary/aromatic N) is 1. The first-order valence-electron chi connectivity index (χ1n) is 7.08. The van der Waals surface area contributed by atoms with Crippen molar-refractivity contribution in [3.8, 4) is 6.07 Å². The Balaban J connectivity index is 2.21. The van der Waals surface area contributed by atoms with Gasteiger partial charge in [-0.25, -0.2) is 0 Å². The van der Waals surface area contributed by atoms with Crippen LogP contribution in [0.2, 0.25) is 5.02 Å². The van der Waals surface area contributed by atoms with Gasteiger partial charge >= 0.3 is 0 Å². The molecule has 0 heterocycles. The monoisotopic (exact) mass is 310 g/mol. The fraction of sp³-hybridized carbons (Fsp3) is 0.562. The van der Waals surface area contributed by atoms with Gasteiger partial charge in [-0.15, -0.1) is 0 Å². The summed E-state index contributed by atoms with van der Waals surface area (Å²) >= 11 is 7.77. The second-order valence-corrected chi connectivity index (χ2v) is 6.69. The second-order valence-electron chi connectivity index (χ2n) is 5.15. The zero-order valence-corrected chi connectivity index (χ0v) is 13.9. The summed E-state index contributed by atoms with van der Waals surface area (Å²) in [7, 11) is 0. The number of nitriles is 1. The van der Waals surface area contributed by atoms with Crippen LogP contribution in [-0.2, 0) is 5.75 Å². The molecule has 20 heavy (non-hydrogen) atoms. The van der Waals surface area contributed by atoms with Gasteiger partial charge in [0.2, 0.25) is 0 Å². The van der Waals surface area contributed by atoms with Crippen LogP contribution in [0.4, 0.5) is 0 Å². The highest BCUT2D eigenvalue weighted by atomic mass is 35.5. The third-order valence-corrected chi connectivity index (χ3v) is 4.53. The molecule has 0 bridgehead atoms. The van der Waals surface area contributed by atoms with E-state index in [2.05, 4.69) is 30.4 Å². The fourth-order valence-corrected chi connectivity index (χ4v) is 2.93. The smallest absolute Gasteiger partial charge is 0.103 e. The lowest BCUT2D eigenvalue weighted by Crippen LogP contribution is -2.41. The van der Waals surface area contributed by atoms with Gasteiger partial charge in [-0.2, -0.15) is 17.0 Å². The molecule has 0 aromatic heterocycles. The molecule has 0 saturated carbocycles. The van der Waals surface area contributed by atoms with Gasteiger partial charge in [0.1, 0.15) is 5.54 Å². The Morgan fingerprint density at radius 1 is 1.35 bits per heavy atom. The number of rotatable bonds is 9. The Labute approximate surface area is 131 Å². The van der Waals surface area contributed by atoms with E-state index in [-0.39, 0.29) is 5.54 Å². The van der Waals surface area contributed by atoms with Crippen LogP contribution in [0.3, 0.4) is 0 Å². The number of nitrogens with one attached hydrogen (secondary N) is 1. The van der Waals surface area contributed by atoms with Gasteiger partial charge in [0.15, 0.2) is 0 Å². The molecule has 0 aliphatic heterocycles. The molecule has 1 atom stereocenters. The molecule has 2 nitrogen and oxygen atoms in total. The van der Waals surface area contributed by atoms with Crippen LogP contribution in [0.15, 0.2) is 24.3 Å². The summed E-state index contributed by atoms with van der Waals surface area (Å²) in [4.78, 5) is 0. The normalized spacial score (nSPS) is 13.7. The van der Waals surface area contributed by atoms with Crippen LogP contribution in [-0.4, -0.2) is 17.8 Å². The number of thioether (sulfide) groups is 1. The zero-order chi connectivity index (χ0) is 14.8. The predicted molar refractivity (Wildman–Crippen MR) is 89.2 cm³/mol. The number of halogens is 1. The van der Waals surface area contributed by atoms with Gasteiger partial charge in [0, 0.05) is 10.8 Å². The molecule has 1 aromatic rings. The molecule has 0 aliphatic carbocycles. The van der Waals surface area contributed by atoms with Crippen molar-refractivity contribution in [2.24, 2.45) is 0 Å². The molecule has 0 radical (unpaired) electrons. The first-order chi connectivity index (χ1) is 9.59. The molecule has 4 heteroatoms. The van der Waals surface area contributed by atoms with E-state index in [1.807, 2.05) is 30.8 Å². The molecule has 1 N–H and O–H groups in total. The summed E-state index contributed by atoms with van der Waals surface area (Å²) < 4.78 is 0. The SMILES string of the molecule is CCCNC(C)(C#N)CCCSCc1ccc(Cl)cc1. The fourth-order valence-electron chi connectivity index (χ4n) is 1.88. The molecule has 0 aliphatic rings. The maximum atomic E-state index is 9.24. The summed E-state index contributed by atoms with van der Waals surface area (Å²) in [5.41, 5.74) is 0.920. The lowest BCUT2D eigenvalue weighted by molar-refractivity contribution is 0.415. The van der Waals surface area contributed by atoms with Gasteiger partial charge in [-0.3, -0.25) is 5.32 Å². The van der Waals surface area contributed by atoms with E-state index < -0.39 is 0 Å². The standard InChI is InChI=1S/C16H23ClN2S/c1-3-10-19-16(2,13-18)9-4-11-20-12-14-5-7-15(17)8-6-14/h5-8,19H,3-4,9-12H2,1-2H3. The van der Waals surface area contributed by atoms with Crippen molar-refractivity contribution in [2.75, 3.05) is 12.3 Å². The minimum atomic E-state index is -0.378. The highest BCUT2D eigenvalue weighted by Gasteiger charge is 2.21. The maximum Gasteiger partial charge on any atom is 0.103 e. The molecule has 1 unspecified atom stereocenters. The van der Waals surface area contributed by atoms with Crippen LogP contribution in [0.25, 0.3) is 0 Å². The van der Waals surface area contributed by atoms with Gasteiger partial charge in [-0.1, -0.05) is 30.7 Å². The summed E-state index contributed by atoms with van der Waals surface area (Å²) in [5.74, 6) is 2.08. The molecule has 0 spiro atoms. The van der Waals surface area contributed by atoms with Crippen LogP contribution >= 0.6 is 23.4 Å². The minimum absolute atomic E-state index is 0.378. The van der Waals surface area contributed by atoms with Crippen molar-refractivity contribution in [3.05, 3.63) is 34.9 Å². The van der Waals surface area contributed by atoms with Crippen molar-refractivity contribution in [2.45, 2.75) is 44.4 Å². The van der Waals surface area contributed by atoms with Gasteiger partial charge in [-0.05, 0) is 56.2 Å². The minimum Gasteiger partial charge on any atom is -0.300 e. The maximum absolute atomic E-state index is 9.24. The van der Waals surface area contributed by atoms with E-state index in [1.165, 1.54) is 5.56 Å². The van der Waals surface area contributed by atoms with Crippen LogP contribution < -0.4 is 5.32 Å². The Kier molecular flexibility index (Phi) is 8.06. The average molecular weight is 311 g/mol. The first-order valence-corrected chi connectivity index (χ1v) is 8.61. The number of hydrogen-bond donors (Lipinski definition) is 1. The Morgan fingerprint density at radius 3 is 2.65 bits per heavy atom. The van der Waals surface area contributed by atoms with Crippen LogP contribution in [0.1, 0.15) is 38.7 Å². The lowest BCUT2D eigenvalue weighted by Gasteiger charge is -2.22. The van der Waals surface area contributed by atoms with Gasteiger partial charge < -0.3 is 0 Å². The van der Waals surface area contributed by atoms with Crippen molar-refractivity contribution >= 4 is 23.4 Å². The number of benzene rings is 1. The zero-order valence-electron chi connectivity index (χ0n) is 12.3. The van der Waals surface area contributed by atoms with Crippen molar-refractivity contribution < 1.29 is 0 Å². The third kappa shape index (κ3) is 6.65. The largest absolute Gasteiger partial charge is 0.300 e. The summed E-state index contributed by atoms with van der Waals surface area (Å²) in [5, 5.41) is 13.3. The predicted octanol–water partition coefficient (Wildman–Crippen LogP) is 4.64. The molecule has 0 fully saturated rings. The molecule has 0 saturated heterocycles. The Bertz CT molecular complexity index is 427. The van der Waals surface area contributed by atoms with E-state index in [1.54, 1.807) is 0 Å². The third-order valence-electron chi connectivity index (χ3n) is 3.16. The molecular weight excluding hydrogens is 288 g/mol. The van der Waals surface area contributed by atoms with Gasteiger partial charge in [0.25, 0.3) is 0 Å². The van der Waals surface area contributed by atoms with E-state index in [0.717, 1.165) is 42.3 Å². The Hall–Kier alpha value is -0.690. The molecular formula is C16H23ClN2S. The molecule has 1 aromatic carbocycles. The molecule has 1 rings (SSSR count). The molecule has 110 valence electrons. The number of hydrogen-bond acceptors (Lipinski definition) is 3. The summed E-state index contributed by atoms with van der Waals surface area (Å²) in [6, 6.07) is 10.4. The second kappa shape index (κ2) is 9.28. The van der Waals surface area contributed by atoms with Crippen molar-refractivity contribution in [1.29, 1.82) is 5.26 Å². The van der Waals surface area contributed by atoms with E-state index in [4.69, 9.17) is 11.6 Å². The van der Waals surface area contributed by atoms with Crippen LogP contribution in [0, 0.1) is 11.3 Å². The van der Waals surface area contributed by atoms with E-state index in [9.17, 15) is 5.26 Å². The lowest BCUT2D eigenvalue weighted by atomic mass is 9.98. The van der Waals surface area contributed by atoms with Gasteiger partial charge in [0.05, 0.1) is 6.07 Å². The van der Waals surface area contributed by atoms with Crippen molar-refractivity contribution in [1.82, 2.24) is 5.32 Å². The molecule has 0 amide bonds. The topological polar surface area (TPSA) is 35.8 Å².